The van der Waals surface area contributed by atoms with Crippen molar-refractivity contribution >= 4 is 29.6 Å². The molecular formula is C29H34N3O+. The predicted octanol–water partition coefficient (Wildman–Crippen LogP) is 5.53. The number of fused-ring (bicyclic) bond motifs is 1. The normalized spacial score (nSPS) is 20.9. The summed E-state index contributed by atoms with van der Waals surface area (Å²) in [6.07, 6.45) is 9.11. The Morgan fingerprint density at radius 1 is 1.00 bits per heavy atom. The fourth-order valence-corrected chi connectivity index (χ4v) is 5.63. The predicted molar refractivity (Wildman–Crippen MR) is 137 cm³/mol. The molecule has 0 radical (unpaired) electrons. The van der Waals surface area contributed by atoms with Crippen molar-refractivity contribution in [2.24, 2.45) is 11.8 Å². The van der Waals surface area contributed by atoms with Gasteiger partial charge in [-0.3, -0.25) is 4.79 Å². The molecule has 2 fully saturated rings. The first-order valence-corrected chi connectivity index (χ1v) is 12.3. The Bertz CT molecular complexity index is 1090. The van der Waals surface area contributed by atoms with Crippen LogP contribution in [0.2, 0.25) is 0 Å². The van der Waals surface area contributed by atoms with E-state index in [1.54, 1.807) is 0 Å². The first-order valence-electron chi connectivity index (χ1n) is 12.3. The van der Waals surface area contributed by atoms with E-state index >= 15 is 0 Å². The molecule has 0 saturated carbocycles. The Labute approximate surface area is 197 Å². The summed E-state index contributed by atoms with van der Waals surface area (Å²) in [6.45, 7) is 10.1. The molecule has 0 unspecified atom stereocenters. The molecule has 2 aromatic rings. The second kappa shape index (κ2) is 9.38. The summed E-state index contributed by atoms with van der Waals surface area (Å²) in [5.74, 6) is 1.73. The number of piperidine rings is 2. The van der Waals surface area contributed by atoms with Crippen molar-refractivity contribution in [3.05, 3.63) is 77.4 Å². The molecule has 1 amide bonds. The van der Waals surface area contributed by atoms with Crippen LogP contribution in [0.25, 0.3) is 11.3 Å². The van der Waals surface area contributed by atoms with Crippen LogP contribution >= 0.6 is 0 Å². The number of anilines is 1. The van der Waals surface area contributed by atoms with E-state index in [4.69, 9.17) is 0 Å². The van der Waals surface area contributed by atoms with Gasteiger partial charge < -0.3 is 10.2 Å². The van der Waals surface area contributed by atoms with Gasteiger partial charge in [-0.2, -0.15) is 0 Å². The molecular weight excluding hydrogens is 406 g/mol. The van der Waals surface area contributed by atoms with Crippen LogP contribution in [0.3, 0.4) is 0 Å². The molecule has 3 aliphatic heterocycles. The van der Waals surface area contributed by atoms with Crippen molar-refractivity contribution < 1.29 is 9.37 Å². The third-order valence-corrected chi connectivity index (χ3v) is 7.69. The zero-order valence-corrected chi connectivity index (χ0v) is 19.6. The van der Waals surface area contributed by atoms with E-state index in [-0.39, 0.29) is 5.91 Å². The van der Waals surface area contributed by atoms with Gasteiger partial charge in [0.05, 0.1) is 0 Å². The maximum Gasteiger partial charge on any atom is 0.253 e. The van der Waals surface area contributed by atoms with E-state index in [1.165, 1.54) is 24.0 Å². The number of likely N-dealkylation sites (tertiary alicyclic amines) is 1. The van der Waals surface area contributed by atoms with E-state index in [0.717, 1.165) is 73.4 Å². The minimum Gasteiger partial charge on any atom is -0.355 e. The van der Waals surface area contributed by atoms with Crippen LogP contribution in [0.4, 0.5) is 5.69 Å². The number of amides is 1. The van der Waals surface area contributed by atoms with Gasteiger partial charge in [0.2, 0.25) is 0 Å². The van der Waals surface area contributed by atoms with Crippen molar-refractivity contribution in [2.45, 2.75) is 32.6 Å². The molecule has 2 saturated heterocycles. The topological polar surface area (TPSA) is 35.4 Å². The Morgan fingerprint density at radius 2 is 1.67 bits per heavy atom. The average molecular weight is 441 g/mol. The minimum atomic E-state index is 0.164. The molecule has 0 bridgehead atoms. The van der Waals surface area contributed by atoms with Crippen LogP contribution in [0.1, 0.15) is 54.1 Å². The summed E-state index contributed by atoms with van der Waals surface area (Å²) in [5, 5.41) is 3.55. The molecule has 0 spiro atoms. The van der Waals surface area contributed by atoms with Gasteiger partial charge in [0, 0.05) is 48.4 Å². The van der Waals surface area contributed by atoms with E-state index in [9.17, 15) is 4.79 Å². The molecule has 0 atom stereocenters. The lowest BCUT2D eigenvalue weighted by atomic mass is 9.79. The SMILES string of the molecule is C=[N+]1CCC(C2CCN(C(=O)c3ccc(C4=CC(=CC)c5ccccc5N4)cc3)CC2)CC1. The molecule has 170 valence electrons. The molecule has 3 heterocycles. The van der Waals surface area contributed by atoms with Gasteiger partial charge >= 0.3 is 0 Å². The lowest BCUT2D eigenvalue weighted by Gasteiger charge is -2.37. The number of para-hydroxylation sites is 1. The molecule has 0 aliphatic carbocycles. The summed E-state index contributed by atoms with van der Waals surface area (Å²) < 4.78 is 2.19. The van der Waals surface area contributed by atoms with Gasteiger partial charge in [0.1, 0.15) is 19.8 Å². The van der Waals surface area contributed by atoms with Crippen LogP contribution in [0.5, 0.6) is 0 Å². The van der Waals surface area contributed by atoms with Gasteiger partial charge in [-0.25, -0.2) is 4.58 Å². The molecule has 0 aromatic heterocycles. The zero-order chi connectivity index (χ0) is 22.8. The highest BCUT2D eigenvalue weighted by Gasteiger charge is 2.31. The van der Waals surface area contributed by atoms with Crippen LogP contribution < -0.4 is 5.32 Å². The third-order valence-electron chi connectivity index (χ3n) is 7.69. The van der Waals surface area contributed by atoms with E-state index in [1.807, 2.05) is 17.0 Å². The first-order chi connectivity index (χ1) is 16.1. The maximum atomic E-state index is 13.1. The van der Waals surface area contributed by atoms with Crippen molar-refractivity contribution in [1.82, 2.24) is 4.90 Å². The third kappa shape index (κ3) is 4.52. The van der Waals surface area contributed by atoms with Crippen LogP contribution in [-0.2, 0) is 0 Å². The number of allylic oxidation sites excluding steroid dienone is 3. The first kappa shape index (κ1) is 21.7. The summed E-state index contributed by atoms with van der Waals surface area (Å²) in [4.78, 5) is 15.2. The Hall–Kier alpha value is -3.14. The largest absolute Gasteiger partial charge is 0.355 e. The molecule has 4 nitrogen and oxygen atoms in total. The van der Waals surface area contributed by atoms with Crippen molar-refractivity contribution in [1.29, 1.82) is 0 Å². The molecule has 3 aliphatic rings. The van der Waals surface area contributed by atoms with Gasteiger partial charge in [-0.15, -0.1) is 0 Å². The Balaban J connectivity index is 1.23. The van der Waals surface area contributed by atoms with Crippen molar-refractivity contribution in [3.63, 3.8) is 0 Å². The molecule has 4 heteroatoms. The van der Waals surface area contributed by atoms with E-state index < -0.39 is 0 Å². The number of nitrogens with zero attached hydrogens (tertiary/aromatic N) is 2. The van der Waals surface area contributed by atoms with Crippen molar-refractivity contribution in [3.8, 4) is 0 Å². The van der Waals surface area contributed by atoms with Crippen LogP contribution in [0, 0.1) is 11.8 Å². The summed E-state index contributed by atoms with van der Waals surface area (Å²) in [6, 6.07) is 16.4. The molecule has 5 rings (SSSR count). The Kier molecular flexibility index (Phi) is 6.17. The number of benzene rings is 2. The van der Waals surface area contributed by atoms with Crippen LogP contribution in [-0.4, -0.2) is 48.3 Å². The number of hydrogen-bond donors (Lipinski definition) is 1. The number of rotatable bonds is 3. The summed E-state index contributed by atoms with van der Waals surface area (Å²) in [7, 11) is 0. The van der Waals surface area contributed by atoms with Crippen molar-refractivity contribution in [2.75, 3.05) is 31.5 Å². The summed E-state index contributed by atoms with van der Waals surface area (Å²) in [5.41, 5.74) is 6.49. The lowest BCUT2D eigenvalue weighted by Crippen LogP contribution is -2.41. The number of carbonyl (C=O) groups excluding carboxylic acids is 1. The Morgan fingerprint density at radius 3 is 2.36 bits per heavy atom. The molecule has 2 aromatic carbocycles. The quantitative estimate of drug-likeness (QED) is 0.637. The highest BCUT2D eigenvalue weighted by atomic mass is 16.2. The van der Waals surface area contributed by atoms with Crippen LogP contribution in [0.15, 0.2) is 60.7 Å². The molecule has 1 N–H and O–H groups in total. The van der Waals surface area contributed by atoms with Gasteiger partial charge in [0.15, 0.2) is 0 Å². The average Bonchev–Trinajstić information content (AvgIpc) is 2.88. The number of hydrogen-bond acceptors (Lipinski definition) is 2. The van der Waals surface area contributed by atoms with E-state index in [2.05, 4.69) is 72.1 Å². The second-order valence-corrected chi connectivity index (χ2v) is 9.64. The minimum absolute atomic E-state index is 0.164. The number of carbonyl (C=O) groups is 1. The highest BCUT2D eigenvalue weighted by Crippen LogP contribution is 2.35. The fourth-order valence-electron chi connectivity index (χ4n) is 5.63. The van der Waals surface area contributed by atoms with Gasteiger partial charge in [0.25, 0.3) is 5.91 Å². The maximum absolute atomic E-state index is 13.1. The van der Waals surface area contributed by atoms with E-state index in [0.29, 0.717) is 0 Å². The lowest BCUT2D eigenvalue weighted by molar-refractivity contribution is -0.533. The second-order valence-electron chi connectivity index (χ2n) is 9.64. The fraction of sp³-hybridized carbons (Fsp3) is 0.379. The number of nitrogens with one attached hydrogen (secondary N) is 1. The van der Waals surface area contributed by atoms with Gasteiger partial charge in [-0.05, 0) is 67.0 Å². The highest BCUT2D eigenvalue weighted by molar-refractivity contribution is 5.98. The standard InChI is InChI=1S/C29H34N3O/c1-3-21-20-28(30-27-7-5-4-6-26(21)27)24-8-10-25(11-9-24)29(33)32-18-14-23(15-19-32)22-12-16-31(2)17-13-22/h3-11,20,22-23,30H,2,12-19H2,1H3/q+1. The van der Waals surface area contributed by atoms with Gasteiger partial charge in [-0.1, -0.05) is 36.4 Å². The smallest absolute Gasteiger partial charge is 0.253 e. The monoisotopic (exact) mass is 440 g/mol. The summed E-state index contributed by atoms with van der Waals surface area (Å²) >= 11 is 0. The molecule has 33 heavy (non-hydrogen) atoms. The zero-order valence-electron chi connectivity index (χ0n) is 19.6.